The van der Waals surface area contributed by atoms with Crippen molar-refractivity contribution in [3.63, 3.8) is 0 Å². The summed E-state index contributed by atoms with van der Waals surface area (Å²) in [6.07, 6.45) is -0.0385. The topological polar surface area (TPSA) is 119 Å². The zero-order chi connectivity index (χ0) is 13.4. The highest BCUT2D eigenvalue weighted by molar-refractivity contribution is 6.28. The van der Waals surface area contributed by atoms with E-state index >= 15 is 0 Å². The number of nitrogens with zero attached hydrogens (tertiary/aromatic N) is 4. The third-order valence-electron chi connectivity index (χ3n) is 3.72. The fourth-order valence-electron chi connectivity index (χ4n) is 2.59. The molecule has 100 valence electrons. The summed E-state index contributed by atoms with van der Waals surface area (Å²) in [6, 6.07) is 0. The smallest absolute Gasteiger partial charge is 0.226 e. The summed E-state index contributed by atoms with van der Waals surface area (Å²) in [5.74, 6) is 0.190. The average molecular weight is 284 g/mol. The summed E-state index contributed by atoms with van der Waals surface area (Å²) in [4.78, 5) is 12.0. The zero-order valence-electron chi connectivity index (χ0n) is 9.56. The predicted octanol–water partition coefficient (Wildman–Crippen LogP) is -0.545. The van der Waals surface area contributed by atoms with Crippen LogP contribution in [-0.4, -0.2) is 47.5 Å². The maximum Gasteiger partial charge on any atom is 0.226 e. The lowest BCUT2D eigenvalue weighted by Gasteiger charge is -2.16. The Bertz CT molecular complexity index is 691. The summed E-state index contributed by atoms with van der Waals surface area (Å²) < 4.78 is 7.20. The van der Waals surface area contributed by atoms with E-state index in [0.29, 0.717) is 11.2 Å². The molecular weight excluding hydrogens is 274 g/mol. The zero-order valence-corrected chi connectivity index (χ0v) is 10.3. The van der Waals surface area contributed by atoms with Crippen molar-refractivity contribution in [1.82, 2.24) is 19.5 Å². The molecule has 3 heterocycles. The number of ether oxygens (including phenoxy) is 1. The highest BCUT2D eigenvalue weighted by Gasteiger charge is 2.71. The van der Waals surface area contributed by atoms with Crippen LogP contribution in [0.5, 0.6) is 0 Å². The fourth-order valence-corrected chi connectivity index (χ4v) is 2.76. The first-order valence-electron chi connectivity index (χ1n) is 5.72. The largest absolute Gasteiger partial charge is 0.387 e. The molecule has 9 heteroatoms. The van der Waals surface area contributed by atoms with Crippen LogP contribution in [0.1, 0.15) is 12.6 Å². The van der Waals surface area contributed by atoms with Crippen molar-refractivity contribution < 1.29 is 14.9 Å². The van der Waals surface area contributed by atoms with Gasteiger partial charge < -0.3 is 20.7 Å². The Kier molecular flexibility index (Phi) is 2.00. The van der Waals surface area contributed by atoms with E-state index in [4.69, 9.17) is 22.1 Å². The van der Waals surface area contributed by atoms with Gasteiger partial charge in [-0.1, -0.05) is 0 Å². The number of nitrogen functional groups attached to an aromatic ring is 1. The molecular formula is C10H10ClN5O3. The lowest BCUT2D eigenvalue weighted by molar-refractivity contribution is -0.0117. The monoisotopic (exact) mass is 283 g/mol. The first-order chi connectivity index (χ1) is 9.00. The van der Waals surface area contributed by atoms with Crippen LogP contribution in [0.4, 0.5) is 5.82 Å². The Hall–Kier alpha value is -1.48. The molecule has 1 saturated carbocycles. The van der Waals surface area contributed by atoms with Gasteiger partial charge in [0.15, 0.2) is 11.5 Å². The number of aliphatic hydroxyl groups excluding tert-OH is 1. The van der Waals surface area contributed by atoms with Crippen LogP contribution in [0.2, 0.25) is 5.28 Å². The summed E-state index contributed by atoms with van der Waals surface area (Å²) in [6.45, 7) is 0. The molecule has 1 saturated heterocycles. The fraction of sp³-hybridized carbons (Fsp3) is 0.500. The minimum Gasteiger partial charge on any atom is -0.387 e. The van der Waals surface area contributed by atoms with Gasteiger partial charge >= 0.3 is 0 Å². The van der Waals surface area contributed by atoms with Crippen LogP contribution >= 0.6 is 11.6 Å². The molecule has 0 amide bonds. The van der Waals surface area contributed by atoms with Crippen molar-refractivity contribution >= 4 is 28.6 Å². The molecule has 4 N–H and O–H groups in total. The van der Waals surface area contributed by atoms with Gasteiger partial charge in [0.05, 0.1) is 6.33 Å². The Morgan fingerprint density at radius 2 is 2.32 bits per heavy atom. The number of fused-ring (bicyclic) bond motifs is 2. The minimum absolute atomic E-state index is 0.0219. The SMILES string of the molecule is Nc1nc(Cl)nc2c1ncn2[C@H]1C[C@@]2(O)C(O)[C@H]2O1. The number of aliphatic hydroxyl groups is 2. The quantitative estimate of drug-likeness (QED) is 0.601. The van der Waals surface area contributed by atoms with Crippen molar-refractivity contribution in [1.29, 1.82) is 0 Å². The summed E-state index contributed by atoms with van der Waals surface area (Å²) in [5, 5.41) is 19.5. The third kappa shape index (κ3) is 1.36. The molecule has 4 atom stereocenters. The van der Waals surface area contributed by atoms with E-state index in [2.05, 4.69) is 15.0 Å². The number of hydrogen-bond donors (Lipinski definition) is 3. The Morgan fingerprint density at radius 1 is 1.53 bits per heavy atom. The molecule has 0 bridgehead atoms. The van der Waals surface area contributed by atoms with E-state index in [-0.39, 0.29) is 17.5 Å². The van der Waals surface area contributed by atoms with Gasteiger partial charge in [0.25, 0.3) is 0 Å². The van der Waals surface area contributed by atoms with Crippen molar-refractivity contribution in [3.05, 3.63) is 11.6 Å². The molecule has 1 aliphatic carbocycles. The molecule has 0 radical (unpaired) electrons. The molecule has 0 spiro atoms. The maximum absolute atomic E-state index is 10.00. The van der Waals surface area contributed by atoms with Crippen LogP contribution < -0.4 is 5.73 Å². The normalized spacial score (nSPS) is 36.7. The molecule has 0 aromatic carbocycles. The lowest BCUT2D eigenvalue weighted by atomic mass is 10.2. The lowest BCUT2D eigenvalue weighted by Crippen LogP contribution is -2.19. The van der Waals surface area contributed by atoms with Crippen molar-refractivity contribution in [3.8, 4) is 0 Å². The van der Waals surface area contributed by atoms with E-state index in [1.807, 2.05) is 0 Å². The van der Waals surface area contributed by atoms with Crippen LogP contribution in [0.25, 0.3) is 11.2 Å². The maximum atomic E-state index is 10.00. The molecule has 19 heavy (non-hydrogen) atoms. The Balaban J connectivity index is 1.77. The number of rotatable bonds is 1. The van der Waals surface area contributed by atoms with Crippen molar-refractivity contribution in [2.75, 3.05) is 5.73 Å². The predicted molar refractivity (Wildman–Crippen MR) is 64.2 cm³/mol. The second kappa shape index (κ2) is 3.34. The first-order valence-corrected chi connectivity index (χ1v) is 6.10. The van der Waals surface area contributed by atoms with Gasteiger partial charge in [-0.15, -0.1) is 0 Å². The second-order valence-electron chi connectivity index (χ2n) is 4.85. The van der Waals surface area contributed by atoms with Gasteiger partial charge in [-0.25, -0.2) is 4.98 Å². The van der Waals surface area contributed by atoms with Crippen molar-refractivity contribution in [2.45, 2.75) is 30.5 Å². The Labute approximate surface area is 111 Å². The number of aromatic nitrogens is 4. The molecule has 2 aromatic rings. The molecule has 2 aliphatic rings. The van der Waals surface area contributed by atoms with Crippen LogP contribution in [0.15, 0.2) is 6.33 Å². The van der Waals surface area contributed by atoms with Gasteiger partial charge in [0.1, 0.15) is 29.6 Å². The van der Waals surface area contributed by atoms with Crippen LogP contribution in [-0.2, 0) is 4.74 Å². The van der Waals surface area contributed by atoms with Crippen molar-refractivity contribution in [2.24, 2.45) is 0 Å². The second-order valence-corrected chi connectivity index (χ2v) is 5.19. The molecule has 8 nitrogen and oxygen atoms in total. The molecule has 2 aromatic heterocycles. The number of halogens is 1. The van der Waals surface area contributed by atoms with E-state index in [1.165, 1.54) is 6.33 Å². The van der Waals surface area contributed by atoms with Gasteiger partial charge in [-0.3, -0.25) is 4.57 Å². The molecule has 2 fully saturated rings. The first kappa shape index (κ1) is 11.4. The third-order valence-corrected chi connectivity index (χ3v) is 3.89. The van der Waals surface area contributed by atoms with E-state index in [1.54, 1.807) is 4.57 Å². The highest BCUT2D eigenvalue weighted by atomic mass is 35.5. The number of anilines is 1. The number of hydrogen-bond acceptors (Lipinski definition) is 7. The number of imidazole rings is 1. The minimum atomic E-state index is -1.16. The highest BCUT2D eigenvalue weighted by Crippen LogP contribution is 2.53. The van der Waals surface area contributed by atoms with E-state index in [9.17, 15) is 10.2 Å². The van der Waals surface area contributed by atoms with Gasteiger partial charge in [0, 0.05) is 6.42 Å². The van der Waals surface area contributed by atoms with Gasteiger partial charge in [0.2, 0.25) is 5.28 Å². The van der Waals surface area contributed by atoms with E-state index in [0.717, 1.165) is 0 Å². The number of nitrogens with two attached hydrogens (primary N) is 1. The molecule has 1 unspecified atom stereocenters. The standard InChI is InChI=1S/C10H10ClN5O3/c11-9-14-7(12)4-8(15-9)16(2-13-4)3-1-10(18)5(17)6(10)19-3/h2-3,5-6,17-18H,1H2,(H2,12,14,15)/t3-,5?,6-,10-/m1/s1. The van der Waals surface area contributed by atoms with E-state index < -0.39 is 24.0 Å². The average Bonchev–Trinajstić information content (AvgIpc) is 2.76. The van der Waals surface area contributed by atoms with Gasteiger partial charge in [-0.2, -0.15) is 9.97 Å². The molecule has 1 aliphatic heterocycles. The summed E-state index contributed by atoms with van der Waals surface area (Å²) >= 11 is 5.77. The summed E-state index contributed by atoms with van der Waals surface area (Å²) in [7, 11) is 0. The van der Waals surface area contributed by atoms with Gasteiger partial charge in [-0.05, 0) is 11.6 Å². The van der Waals surface area contributed by atoms with Crippen LogP contribution in [0.3, 0.4) is 0 Å². The summed E-state index contributed by atoms with van der Waals surface area (Å²) in [5.41, 5.74) is 5.43. The molecule has 4 rings (SSSR count). The Morgan fingerprint density at radius 3 is 3.00 bits per heavy atom. The van der Waals surface area contributed by atoms with Crippen LogP contribution in [0, 0.1) is 0 Å².